The molecule has 0 atom stereocenters. The molecule has 2 aromatic rings. The molecule has 2 aliphatic rings. The highest BCUT2D eigenvalue weighted by Gasteiger charge is 2.24. The van der Waals surface area contributed by atoms with Gasteiger partial charge in [-0.25, -0.2) is 9.97 Å². The third kappa shape index (κ3) is 3.41. The lowest BCUT2D eigenvalue weighted by Crippen LogP contribution is -2.33. The van der Waals surface area contributed by atoms with Crippen molar-refractivity contribution < 1.29 is 0 Å². The SMILES string of the molecule is CC1CCN(Cc2cc3cnc(C#N)nc3n2C2CCCCC2)CC1. The topological polar surface area (TPSA) is 57.7 Å². The molecule has 0 bridgehead atoms. The zero-order valence-electron chi connectivity index (χ0n) is 15.1. The van der Waals surface area contributed by atoms with E-state index in [1.165, 1.54) is 63.7 Å². The maximum absolute atomic E-state index is 9.20. The monoisotopic (exact) mass is 337 g/mol. The van der Waals surface area contributed by atoms with Crippen molar-refractivity contribution in [2.24, 2.45) is 5.92 Å². The van der Waals surface area contributed by atoms with E-state index in [0.717, 1.165) is 23.5 Å². The van der Waals surface area contributed by atoms with Crippen LogP contribution in [0.25, 0.3) is 11.0 Å². The average molecular weight is 337 g/mol. The Hall–Kier alpha value is -1.93. The first kappa shape index (κ1) is 16.5. The van der Waals surface area contributed by atoms with E-state index in [-0.39, 0.29) is 5.82 Å². The predicted octanol–water partition coefficient (Wildman–Crippen LogP) is 4.04. The molecule has 0 unspecified atom stereocenters. The Morgan fingerprint density at radius 1 is 1.16 bits per heavy atom. The third-order valence-electron chi connectivity index (χ3n) is 5.96. The highest BCUT2D eigenvalue weighted by atomic mass is 15.2. The smallest absolute Gasteiger partial charge is 0.234 e. The van der Waals surface area contributed by atoms with Gasteiger partial charge in [-0.3, -0.25) is 4.90 Å². The molecule has 1 aliphatic heterocycles. The van der Waals surface area contributed by atoms with Crippen molar-refractivity contribution in [3.05, 3.63) is 23.8 Å². The third-order valence-corrected chi connectivity index (χ3v) is 5.96. The van der Waals surface area contributed by atoms with Crippen LogP contribution >= 0.6 is 0 Å². The molecular formula is C20H27N5. The number of nitriles is 1. The summed E-state index contributed by atoms with van der Waals surface area (Å²) in [5, 5.41) is 10.3. The lowest BCUT2D eigenvalue weighted by molar-refractivity contribution is 0.179. The van der Waals surface area contributed by atoms with Crippen LogP contribution in [0.4, 0.5) is 0 Å². The maximum atomic E-state index is 9.20. The Morgan fingerprint density at radius 3 is 2.64 bits per heavy atom. The van der Waals surface area contributed by atoms with Crippen molar-refractivity contribution in [2.75, 3.05) is 13.1 Å². The van der Waals surface area contributed by atoms with E-state index in [1.807, 2.05) is 6.20 Å². The van der Waals surface area contributed by atoms with Crippen LogP contribution in [-0.4, -0.2) is 32.5 Å². The van der Waals surface area contributed by atoms with Crippen LogP contribution in [0.3, 0.4) is 0 Å². The summed E-state index contributed by atoms with van der Waals surface area (Å²) in [5.41, 5.74) is 2.31. The van der Waals surface area contributed by atoms with Gasteiger partial charge in [0.25, 0.3) is 0 Å². The summed E-state index contributed by atoms with van der Waals surface area (Å²) in [6.07, 6.45) is 10.8. The van der Waals surface area contributed by atoms with E-state index < -0.39 is 0 Å². The zero-order chi connectivity index (χ0) is 17.2. The number of hydrogen-bond donors (Lipinski definition) is 0. The molecule has 1 aliphatic carbocycles. The number of likely N-dealkylation sites (tertiary alicyclic amines) is 1. The first-order chi connectivity index (χ1) is 12.2. The summed E-state index contributed by atoms with van der Waals surface area (Å²) in [4.78, 5) is 11.3. The van der Waals surface area contributed by atoms with Gasteiger partial charge in [0, 0.05) is 29.9 Å². The molecule has 132 valence electrons. The van der Waals surface area contributed by atoms with Crippen LogP contribution in [0.5, 0.6) is 0 Å². The first-order valence-corrected chi connectivity index (χ1v) is 9.74. The predicted molar refractivity (Wildman–Crippen MR) is 98.0 cm³/mol. The maximum Gasteiger partial charge on any atom is 0.234 e. The second kappa shape index (κ2) is 7.13. The highest BCUT2D eigenvalue weighted by molar-refractivity contribution is 5.77. The Bertz CT molecular complexity index is 773. The zero-order valence-corrected chi connectivity index (χ0v) is 15.1. The second-order valence-corrected chi connectivity index (χ2v) is 7.84. The van der Waals surface area contributed by atoms with E-state index in [2.05, 4.69) is 38.5 Å². The molecule has 2 fully saturated rings. The number of rotatable bonds is 3. The van der Waals surface area contributed by atoms with Crippen molar-refractivity contribution in [3.63, 3.8) is 0 Å². The van der Waals surface area contributed by atoms with Gasteiger partial charge in [-0.15, -0.1) is 0 Å². The lowest BCUT2D eigenvalue weighted by Gasteiger charge is -2.32. The van der Waals surface area contributed by atoms with Crippen LogP contribution in [-0.2, 0) is 6.54 Å². The summed E-state index contributed by atoms with van der Waals surface area (Å²) >= 11 is 0. The Balaban J connectivity index is 1.70. The molecule has 5 nitrogen and oxygen atoms in total. The molecule has 5 heteroatoms. The molecule has 25 heavy (non-hydrogen) atoms. The summed E-state index contributed by atoms with van der Waals surface area (Å²) < 4.78 is 2.44. The molecule has 2 aromatic heterocycles. The summed E-state index contributed by atoms with van der Waals surface area (Å²) in [5.74, 6) is 1.13. The van der Waals surface area contributed by atoms with E-state index in [4.69, 9.17) is 0 Å². The van der Waals surface area contributed by atoms with Gasteiger partial charge in [0.2, 0.25) is 5.82 Å². The largest absolute Gasteiger partial charge is 0.325 e. The fourth-order valence-electron chi connectivity index (χ4n) is 4.43. The van der Waals surface area contributed by atoms with Crippen LogP contribution in [0, 0.1) is 17.2 Å². The standard InChI is InChI=1S/C20H27N5/c1-15-7-9-24(10-8-15)14-18-11-16-13-22-19(12-21)23-20(16)25(18)17-5-3-2-4-6-17/h11,13,15,17H,2-10,14H2,1H3. The van der Waals surface area contributed by atoms with Crippen molar-refractivity contribution in [3.8, 4) is 6.07 Å². The quantitative estimate of drug-likeness (QED) is 0.848. The number of fused-ring (bicyclic) bond motifs is 1. The fraction of sp³-hybridized carbons (Fsp3) is 0.650. The van der Waals surface area contributed by atoms with Gasteiger partial charge in [0.05, 0.1) is 0 Å². The number of hydrogen-bond acceptors (Lipinski definition) is 4. The number of piperidine rings is 1. The van der Waals surface area contributed by atoms with E-state index >= 15 is 0 Å². The molecule has 0 N–H and O–H groups in total. The first-order valence-electron chi connectivity index (χ1n) is 9.74. The van der Waals surface area contributed by atoms with Crippen LogP contribution in [0.1, 0.15) is 69.4 Å². The number of nitrogens with zero attached hydrogens (tertiary/aromatic N) is 5. The van der Waals surface area contributed by atoms with Gasteiger partial charge in [-0.2, -0.15) is 5.26 Å². The fourth-order valence-corrected chi connectivity index (χ4v) is 4.43. The molecule has 0 aromatic carbocycles. The molecule has 0 amide bonds. The van der Waals surface area contributed by atoms with Crippen LogP contribution < -0.4 is 0 Å². The van der Waals surface area contributed by atoms with Gasteiger partial charge in [0.15, 0.2) is 0 Å². The number of aromatic nitrogens is 3. The summed E-state index contributed by atoms with van der Waals surface area (Å²) in [6, 6.07) is 4.87. The molecule has 4 rings (SSSR count). The van der Waals surface area contributed by atoms with Gasteiger partial charge >= 0.3 is 0 Å². The van der Waals surface area contributed by atoms with Gasteiger partial charge in [-0.1, -0.05) is 26.2 Å². The van der Waals surface area contributed by atoms with E-state index in [1.54, 1.807) is 0 Å². The van der Waals surface area contributed by atoms with Crippen molar-refractivity contribution in [1.29, 1.82) is 5.26 Å². The lowest BCUT2D eigenvalue weighted by atomic mass is 9.95. The summed E-state index contributed by atoms with van der Waals surface area (Å²) in [7, 11) is 0. The van der Waals surface area contributed by atoms with Crippen LogP contribution in [0.15, 0.2) is 12.3 Å². The Labute approximate surface area is 149 Å². The summed E-state index contributed by atoms with van der Waals surface area (Å²) in [6.45, 7) is 5.71. The minimum atomic E-state index is 0.279. The van der Waals surface area contributed by atoms with Gasteiger partial charge < -0.3 is 4.57 Å². The van der Waals surface area contributed by atoms with E-state index in [9.17, 15) is 5.26 Å². The molecule has 1 saturated heterocycles. The van der Waals surface area contributed by atoms with Crippen molar-refractivity contribution >= 4 is 11.0 Å². The molecular weight excluding hydrogens is 310 g/mol. The Morgan fingerprint density at radius 2 is 1.92 bits per heavy atom. The molecule has 0 spiro atoms. The molecule has 0 radical (unpaired) electrons. The van der Waals surface area contributed by atoms with Crippen molar-refractivity contribution in [2.45, 2.75) is 64.5 Å². The van der Waals surface area contributed by atoms with Gasteiger partial charge in [-0.05, 0) is 50.8 Å². The van der Waals surface area contributed by atoms with Gasteiger partial charge in [0.1, 0.15) is 11.7 Å². The highest BCUT2D eigenvalue weighted by Crippen LogP contribution is 2.33. The van der Waals surface area contributed by atoms with E-state index in [0.29, 0.717) is 6.04 Å². The Kier molecular flexibility index (Phi) is 4.72. The average Bonchev–Trinajstić information content (AvgIpc) is 3.01. The molecule has 3 heterocycles. The van der Waals surface area contributed by atoms with Crippen LogP contribution in [0.2, 0.25) is 0 Å². The minimum Gasteiger partial charge on any atom is -0.325 e. The second-order valence-electron chi connectivity index (χ2n) is 7.84. The minimum absolute atomic E-state index is 0.279. The van der Waals surface area contributed by atoms with Crippen molar-refractivity contribution in [1.82, 2.24) is 19.4 Å². The molecule has 1 saturated carbocycles. The normalized spacial score (nSPS) is 20.8.